The number of rotatable bonds is 5. The maximum absolute atomic E-state index is 11.5. The Balaban J connectivity index is 2.23. The van der Waals surface area contributed by atoms with Gasteiger partial charge < -0.3 is 4.74 Å². The molecule has 0 saturated carbocycles. The minimum Gasteiger partial charge on any atom is -0.466 e. The maximum atomic E-state index is 11.5. The molecule has 0 spiro atoms. The van der Waals surface area contributed by atoms with Crippen LogP contribution in [0.1, 0.15) is 13.3 Å². The molecule has 1 heterocycles. The molecule has 1 aliphatic heterocycles. The summed E-state index contributed by atoms with van der Waals surface area (Å²) in [5, 5.41) is 0. The number of hydrogen-bond donors (Lipinski definition) is 0. The van der Waals surface area contributed by atoms with Crippen molar-refractivity contribution >= 4 is 22.6 Å². The fourth-order valence-corrected chi connectivity index (χ4v) is 2.64. The molecule has 1 aliphatic rings. The average Bonchev–Trinajstić information content (AvgIpc) is 2.21. The summed E-state index contributed by atoms with van der Waals surface area (Å²) >= 11 is 0. The average molecular weight is 247 g/mol. The van der Waals surface area contributed by atoms with E-state index in [2.05, 4.69) is 0 Å². The van der Waals surface area contributed by atoms with Gasteiger partial charge in [0.05, 0.1) is 13.2 Å². The number of carbonyl (C=O) groups is 2. The van der Waals surface area contributed by atoms with E-state index in [1.165, 1.54) is 0 Å². The topological polar surface area (TPSA) is 63.7 Å². The Kier molecular flexibility index (Phi) is 5.62. The van der Waals surface area contributed by atoms with E-state index in [1.807, 2.05) is 4.90 Å². The molecule has 1 saturated heterocycles. The molecular formula is C10H17NO4S. The first-order valence-corrected chi connectivity index (χ1v) is 6.85. The fraction of sp³-hybridized carbons (Fsp3) is 0.800. The Morgan fingerprint density at radius 1 is 1.31 bits per heavy atom. The second kappa shape index (κ2) is 6.75. The molecule has 0 amide bonds. The predicted octanol–water partition coefficient (Wildman–Crippen LogP) is -0.427. The molecule has 0 unspecified atom stereocenters. The lowest BCUT2D eigenvalue weighted by Crippen LogP contribution is -2.41. The number of nitrogens with zero attached hydrogens (tertiary/aromatic N) is 1. The SMILES string of the molecule is CCOC(=O)CC(=O)CN1CCS(=O)CC1. The van der Waals surface area contributed by atoms with Gasteiger partial charge in [-0.05, 0) is 6.92 Å². The lowest BCUT2D eigenvalue weighted by atomic mass is 10.2. The number of hydrogen-bond acceptors (Lipinski definition) is 5. The first-order chi connectivity index (χ1) is 7.61. The molecule has 0 aromatic carbocycles. The molecule has 92 valence electrons. The van der Waals surface area contributed by atoms with Crippen LogP contribution < -0.4 is 0 Å². The summed E-state index contributed by atoms with van der Waals surface area (Å²) in [5.74, 6) is 0.638. The van der Waals surface area contributed by atoms with Gasteiger partial charge in [-0.1, -0.05) is 0 Å². The lowest BCUT2D eigenvalue weighted by Gasteiger charge is -2.24. The van der Waals surface area contributed by atoms with Crippen molar-refractivity contribution in [2.24, 2.45) is 0 Å². The number of carbonyl (C=O) groups excluding carboxylic acids is 2. The lowest BCUT2D eigenvalue weighted by molar-refractivity contribution is -0.145. The van der Waals surface area contributed by atoms with Crippen LogP contribution in [0.5, 0.6) is 0 Å². The third-order valence-corrected chi connectivity index (χ3v) is 3.59. The maximum Gasteiger partial charge on any atom is 0.313 e. The van der Waals surface area contributed by atoms with Crippen molar-refractivity contribution in [2.45, 2.75) is 13.3 Å². The highest BCUT2D eigenvalue weighted by atomic mass is 32.2. The van der Waals surface area contributed by atoms with Crippen LogP contribution in [0.3, 0.4) is 0 Å². The third-order valence-electron chi connectivity index (χ3n) is 2.32. The summed E-state index contributed by atoms with van der Waals surface area (Å²) in [7, 11) is -0.734. The van der Waals surface area contributed by atoms with Gasteiger partial charge in [0.1, 0.15) is 6.42 Å². The van der Waals surface area contributed by atoms with Crippen LogP contribution in [0.15, 0.2) is 0 Å². The van der Waals surface area contributed by atoms with Crippen molar-refractivity contribution in [2.75, 3.05) is 37.7 Å². The van der Waals surface area contributed by atoms with Gasteiger partial charge in [-0.2, -0.15) is 0 Å². The van der Waals surface area contributed by atoms with Crippen molar-refractivity contribution in [1.82, 2.24) is 4.90 Å². The van der Waals surface area contributed by atoms with Crippen LogP contribution in [-0.2, 0) is 25.1 Å². The number of Topliss-reactive ketones (excluding diaryl/α,β-unsaturated/α-hetero) is 1. The van der Waals surface area contributed by atoms with Gasteiger partial charge in [-0.25, -0.2) is 0 Å². The molecule has 6 heteroatoms. The molecule has 16 heavy (non-hydrogen) atoms. The van der Waals surface area contributed by atoms with Crippen LogP contribution in [0.4, 0.5) is 0 Å². The van der Waals surface area contributed by atoms with Crippen LogP contribution >= 0.6 is 0 Å². The van der Waals surface area contributed by atoms with E-state index in [0.717, 1.165) is 0 Å². The minimum atomic E-state index is -0.734. The van der Waals surface area contributed by atoms with Crippen LogP contribution in [0, 0.1) is 0 Å². The highest BCUT2D eigenvalue weighted by molar-refractivity contribution is 7.85. The molecule has 0 bridgehead atoms. The summed E-state index contributed by atoms with van der Waals surface area (Å²) < 4.78 is 15.8. The van der Waals surface area contributed by atoms with Crippen molar-refractivity contribution in [3.05, 3.63) is 0 Å². The molecule has 1 rings (SSSR count). The molecule has 1 fully saturated rings. The molecule has 0 atom stereocenters. The number of esters is 1. The van der Waals surface area contributed by atoms with Crippen molar-refractivity contribution < 1.29 is 18.5 Å². The zero-order valence-corrected chi connectivity index (χ0v) is 10.3. The molecule has 5 nitrogen and oxygen atoms in total. The van der Waals surface area contributed by atoms with E-state index >= 15 is 0 Å². The van der Waals surface area contributed by atoms with Crippen LogP contribution in [0.2, 0.25) is 0 Å². The standard InChI is InChI=1S/C10H17NO4S/c1-2-15-10(13)7-9(12)8-11-3-5-16(14)6-4-11/h2-8H2,1H3. The molecule has 0 aliphatic carbocycles. The van der Waals surface area contributed by atoms with E-state index in [-0.39, 0.29) is 18.7 Å². The molecule has 0 radical (unpaired) electrons. The summed E-state index contributed by atoms with van der Waals surface area (Å²) in [6.45, 7) is 3.61. The van der Waals surface area contributed by atoms with E-state index in [1.54, 1.807) is 6.92 Å². The molecule has 0 aromatic heterocycles. The van der Waals surface area contributed by atoms with Crippen LogP contribution in [-0.4, -0.2) is 58.6 Å². The predicted molar refractivity (Wildman–Crippen MR) is 60.6 cm³/mol. The zero-order chi connectivity index (χ0) is 12.0. The highest BCUT2D eigenvalue weighted by Crippen LogP contribution is 2.01. The second-order valence-corrected chi connectivity index (χ2v) is 5.34. The first kappa shape index (κ1) is 13.3. The van der Waals surface area contributed by atoms with Crippen LogP contribution in [0.25, 0.3) is 0 Å². The van der Waals surface area contributed by atoms with Gasteiger partial charge in [-0.3, -0.25) is 18.7 Å². The highest BCUT2D eigenvalue weighted by Gasteiger charge is 2.19. The van der Waals surface area contributed by atoms with Gasteiger partial charge in [-0.15, -0.1) is 0 Å². The number of ether oxygens (including phenoxy) is 1. The van der Waals surface area contributed by atoms with E-state index in [0.29, 0.717) is 31.2 Å². The van der Waals surface area contributed by atoms with E-state index < -0.39 is 16.8 Å². The van der Waals surface area contributed by atoms with Gasteiger partial charge in [0.2, 0.25) is 0 Å². The Morgan fingerprint density at radius 3 is 2.50 bits per heavy atom. The Bertz CT molecular complexity index is 283. The van der Waals surface area contributed by atoms with Crippen molar-refractivity contribution in [1.29, 1.82) is 0 Å². The van der Waals surface area contributed by atoms with Gasteiger partial charge >= 0.3 is 5.97 Å². The summed E-state index contributed by atoms with van der Waals surface area (Å²) in [5.41, 5.74) is 0. The van der Waals surface area contributed by atoms with Gasteiger partial charge in [0.25, 0.3) is 0 Å². The van der Waals surface area contributed by atoms with Gasteiger partial charge in [0, 0.05) is 35.4 Å². The first-order valence-electron chi connectivity index (χ1n) is 5.36. The van der Waals surface area contributed by atoms with Crippen molar-refractivity contribution in [3.8, 4) is 0 Å². The smallest absolute Gasteiger partial charge is 0.313 e. The van der Waals surface area contributed by atoms with Crippen molar-refractivity contribution in [3.63, 3.8) is 0 Å². The summed E-state index contributed by atoms with van der Waals surface area (Å²) in [4.78, 5) is 24.4. The summed E-state index contributed by atoms with van der Waals surface area (Å²) in [6.07, 6.45) is -0.159. The fourth-order valence-electron chi connectivity index (χ4n) is 1.51. The normalized spacial score (nSPS) is 18.3. The molecule has 0 N–H and O–H groups in total. The zero-order valence-electron chi connectivity index (χ0n) is 9.44. The van der Waals surface area contributed by atoms with E-state index in [4.69, 9.17) is 4.74 Å². The van der Waals surface area contributed by atoms with E-state index in [9.17, 15) is 13.8 Å². The monoisotopic (exact) mass is 247 g/mol. The Morgan fingerprint density at radius 2 is 1.94 bits per heavy atom. The largest absolute Gasteiger partial charge is 0.466 e. The second-order valence-electron chi connectivity index (χ2n) is 3.64. The summed E-state index contributed by atoms with van der Waals surface area (Å²) in [6, 6.07) is 0. The Labute approximate surface area is 97.6 Å². The van der Waals surface area contributed by atoms with Gasteiger partial charge in [0.15, 0.2) is 5.78 Å². The number of ketones is 1. The minimum absolute atomic E-state index is 0.133. The molecular weight excluding hydrogens is 230 g/mol. The third kappa shape index (κ3) is 4.85. The molecule has 0 aromatic rings. The quantitative estimate of drug-likeness (QED) is 0.487. The Hall–Kier alpha value is -0.750.